The third-order valence-electron chi connectivity index (χ3n) is 1.55. The van der Waals surface area contributed by atoms with Gasteiger partial charge >= 0.3 is 17.9 Å². The van der Waals surface area contributed by atoms with Gasteiger partial charge in [0, 0.05) is 0 Å². The Morgan fingerprint density at radius 3 is 1.21 bits per heavy atom. The fraction of sp³-hybridized carbons (Fsp3) is 0.571. The average molecular weight is 206 g/mol. The number of carboxylic acids is 3. The summed E-state index contributed by atoms with van der Waals surface area (Å²) >= 11 is 0. The van der Waals surface area contributed by atoms with Crippen molar-refractivity contribution in [1.29, 1.82) is 0 Å². The molecule has 0 aromatic carbocycles. The van der Waals surface area contributed by atoms with Gasteiger partial charge in [0.15, 0.2) is 19.6 Å². The van der Waals surface area contributed by atoms with Crippen LogP contribution < -0.4 is 0 Å². The van der Waals surface area contributed by atoms with Crippen LogP contribution in [-0.4, -0.2) is 64.4 Å². The zero-order valence-corrected chi connectivity index (χ0v) is 7.63. The predicted octanol–water partition coefficient (Wildman–Crippen LogP) is -1.31. The number of nitrogens with zero attached hydrogens (tertiary/aromatic N) is 1. The molecule has 0 aromatic rings. The van der Waals surface area contributed by atoms with E-state index >= 15 is 0 Å². The molecule has 0 aliphatic heterocycles. The summed E-state index contributed by atoms with van der Waals surface area (Å²) in [6.07, 6.45) is 0. The lowest BCUT2D eigenvalue weighted by Gasteiger charge is -2.28. The Labute approximate surface area is 79.8 Å². The van der Waals surface area contributed by atoms with Crippen molar-refractivity contribution in [3.05, 3.63) is 0 Å². The molecule has 14 heavy (non-hydrogen) atoms. The summed E-state index contributed by atoms with van der Waals surface area (Å²) in [6.45, 7) is -1.59. The van der Waals surface area contributed by atoms with Crippen LogP contribution in [0.4, 0.5) is 0 Å². The van der Waals surface area contributed by atoms with Crippen LogP contribution in [0, 0.1) is 0 Å². The minimum Gasteiger partial charge on any atom is -0.477 e. The van der Waals surface area contributed by atoms with E-state index in [0.717, 1.165) is 0 Å². The summed E-state index contributed by atoms with van der Waals surface area (Å²) in [7, 11) is 1.27. The fourth-order valence-corrected chi connectivity index (χ4v) is 1.15. The quantitative estimate of drug-likeness (QED) is 0.465. The van der Waals surface area contributed by atoms with Crippen molar-refractivity contribution in [2.24, 2.45) is 0 Å². The highest BCUT2D eigenvalue weighted by molar-refractivity contribution is 5.72. The molecule has 80 valence electrons. The van der Waals surface area contributed by atoms with E-state index in [4.69, 9.17) is 15.3 Å². The van der Waals surface area contributed by atoms with Crippen molar-refractivity contribution < 1.29 is 34.2 Å². The molecule has 0 spiro atoms. The molecule has 0 fully saturated rings. The topological polar surface area (TPSA) is 112 Å². The van der Waals surface area contributed by atoms with Crippen molar-refractivity contribution >= 4 is 17.9 Å². The van der Waals surface area contributed by atoms with Crippen LogP contribution in [0.3, 0.4) is 0 Å². The monoisotopic (exact) mass is 206 g/mol. The van der Waals surface area contributed by atoms with Gasteiger partial charge in [0.05, 0.1) is 7.05 Å². The first-order valence-corrected chi connectivity index (χ1v) is 3.74. The SMILES string of the molecule is C[N+](CC(=O)O)(CC(=O)O)CC(=O)O. The average Bonchev–Trinajstić information content (AvgIpc) is 1.76. The molecule has 3 N–H and O–H groups in total. The molecule has 7 heteroatoms. The molecule has 0 unspecified atom stereocenters. The molecule has 0 saturated carbocycles. The number of carboxylic acid groups (broad SMARTS) is 3. The van der Waals surface area contributed by atoms with Gasteiger partial charge in [-0.15, -0.1) is 0 Å². The maximum Gasteiger partial charge on any atom is 0.359 e. The van der Waals surface area contributed by atoms with Crippen LogP contribution in [-0.2, 0) is 14.4 Å². The minimum absolute atomic E-state index is 0.529. The third-order valence-corrected chi connectivity index (χ3v) is 1.55. The Bertz CT molecular complexity index is 220. The van der Waals surface area contributed by atoms with Gasteiger partial charge in [-0.3, -0.25) is 4.48 Å². The van der Waals surface area contributed by atoms with Crippen LogP contribution >= 0.6 is 0 Å². The zero-order valence-electron chi connectivity index (χ0n) is 7.63. The van der Waals surface area contributed by atoms with E-state index in [2.05, 4.69) is 0 Å². The van der Waals surface area contributed by atoms with Crippen LogP contribution in [0.5, 0.6) is 0 Å². The van der Waals surface area contributed by atoms with Crippen molar-refractivity contribution in [3.8, 4) is 0 Å². The summed E-state index contributed by atoms with van der Waals surface area (Å²) in [4.78, 5) is 31.1. The van der Waals surface area contributed by atoms with Gasteiger partial charge in [0.1, 0.15) is 0 Å². The molecule has 0 aliphatic rings. The zero-order chi connectivity index (χ0) is 11.4. The Kier molecular flexibility index (Phi) is 4.03. The standard InChI is InChI=1S/C7H11NO6/c1-8(2-5(9)10,3-6(11)12)4-7(13)14/h2-4H2,1H3,(H2-,9,10,11,12,13,14)/p+1. The second kappa shape index (κ2) is 4.56. The fourth-order valence-electron chi connectivity index (χ4n) is 1.15. The van der Waals surface area contributed by atoms with Crippen molar-refractivity contribution in [3.63, 3.8) is 0 Å². The maximum atomic E-state index is 10.4. The molecule has 0 atom stereocenters. The predicted molar refractivity (Wildman–Crippen MR) is 43.7 cm³/mol. The molecular formula is C7H12NO6+. The van der Waals surface area contributed by atoms with Gasteiger partial charge in [-0.25, -0.2) is 14.4 Å². The number of rotatable bonds is 6. The molecule has 0 rings (SSSR count). The third kappa shape index (κ3) is 5.09. The number of carbonyl (C=O) groups is 3. The van der Waals surface area contributed by atoms with Gasteiger partial charge in [0.25, 0.3) is 0 Å². The van der Waals surface area contributed by atoms with Crippen LogP contribution in [0.1, 0.15) is 0 Å². The molecular weight excluding hydrogens is 194 g/mol. The summed E-state index contributed by atoms with van der Waals surface area (Å²) in [5.41, 5.74) is 0. The maximum absolute atomic E-state index is 10.4. The van der Waals surface area contributed by atoms with E-state index < -0.39 is 42.0 Å². The van der Waals surface area contributed by atoms with E-state index in [1.54, 1.807) is 0 Å². The van der Waals surface area contributed by atoms with E-state index in [1.807, 2.05) is 0 Å². The number of likely N-dealkylation sites (N-methyl/N-ethyl adjacent to an activating group) is 1. The Balaban J connectivity index is 4.56. The Morgan fingerprint density at radius 1 is 0.857 bits per heavy atom. The lowest BCUT2D eigenvalue weighted by atomic mass is 10.3. The number of aliphatic carboxylic acids is 3. The molecule has 0 radical (unpaired) electrons. The smallest absolute Gasteiger partial charge is 0.359 e. The largest absolute Gasteiger partial charge is 0.477 e. The first kappa shape index (κ1) is 12.4. The summed E-state index contributed by atoms with van der Waals surface area (Å²) in [5, 5.41) is 25.4. The molecule has 0 bridgehead atoms. The van der Waals surface area contributed by atoms with Crippen LogP contribution in [0.15, 0.2) is 0 Å². The van der Waals surface area contributed by atoms with E-state index in [1.165, 1.54) is 7.05 Å². The van der Waals surface area contributed by atoms with Crippen LogP contribution in [0.25, 0.3) is 0 Å². The van der Waals surface area contributed by atoms with E-state index in [0.29, 0.717) is 0 Å². The lowest BCUT2D eigenvalue weighted by Crippen LogP contribution is -2.53. The minimum atomic E-state index is -1.23. The van der Waals surface area contributed by atoms with Gasteiger partial charge in [-0.05, 0) is 0 Å². The normalized spacial score (nSPS) is 10.9. The molecule has 0 aromatic heterocycles. The second-order valence-electron chi connectivity index (χ2n) is 3.28. The molecule has 0 saturated heterocycles. The number of hydrogen-bond acceptors (Lipinski definition) is 3. The van der Waals surface area contributed by atoms with E-state index in [-0.39, 0.29) is 0 Å². The molecule has 7 nitrogen and oxygen atoms in total. The van der Waals surface area contributed by atoms with Gasteiger partial charge in [-0.2, -0.15) is 0 Å². The highest BCUT2D eigenvalue weighted by atomic mass is 16.4. The van der Waals surface area contributed by atoms with Gasteiger partial charge < -0.3 is 15.3 Å². The highest BCUT2D eigenvalue weighted by Gasteiger charge is 2.31. The van der Waals surface area contributed by atoms with Gasteiger partial charge in [-0.1, -0.05) is 0 Å². The summed E-state index contributed by atoms with van der Waals surface area (Å²) in [6, 6.07) is 0. The van der Waals surface area contributed by atoms with E-state index in [9.17, 15) is 14.4 Å². The molecule has 0 heterocycles. The van der Waals surface area contributed by atoms with Crippen molar-refractivity contribution in [2.45, 2.75) is 0 Å². The van der Waals surface area contributed by atoms with Crippen molar-refractivity contribution in [1.82, 2.24) is 0 Å². The second-order valence-corrected chi connectivity index (χ2v) is 3.28. The summed E-state index contributed by atoms with van der Waals surface area (Å²) in [5.74, 6) is -3.68. The Hall–Kier alpha value is -1.63. The summed E-state index contributed by atoms with van der Waals surface area (Å²) < 4.78 is -0.556. The Morgan fingerprint density at radius 2 is 1.07 bits per heavy atom. The lowest BCUT2D eigenvalue weighted by molar-refractivity contribution is -0.888. The van der Waals surface area contributed by atoms with Crippen LogP contribution in [0.2, 0.25) is 0 Å². The number of quaternary nitrogens is 1. The molecule has 0 amide bonds. The first-order chi connectivity index (χ1) is 6.25. The van der Waals surface area contributed by atoms with Crippen molar-refractivity contribution in [2.75, 3.05) is 26.7 Å². The molecule has 0 aliphatic carbocycles. The number of hydrogen-bond donors (Lipinski definition) is 3. The first-order valence-electron chi connectivity index (χ1n) is 3.74. The highest BCUT2D eigenvalue weighted by Crippen LogP contribution is 2.01. The van der Waals surface area contributed by atoms with Gasteiger partial charge in [0.2, 0.25) is 0 Å².